The highest BCUT2D eigenvalue weighted by molar-refractivity contribution is 9.10. The van der Waals surface area contributed by atoms with E-state index in [2.05, 4.69) is 45.1 Å². The lowest BCUT2D eigenvalue weighted by Crippen LogP contribution is -2.36. The second-order valence-electron chi connectivity index (χ2n) is 5.39. The Morgan fingerprint density at radius 1 is 1.11 bits per heavy atom. The van der Waals surface area contributed by atoms with E-state index in [4.69, 9.17) is 0 Å². The number of halogens is 1. The lowest BCUT2D eigenvalue weighted by Gasteiger charge is -2.26. The fraction of sp³-hybridized carbons (Fsp3) is 0.533. The SMILES string of the molecule is O=C([C@H]1C[C@@H]1c1ccc(Br)cc1)N1CCCCC1. The second kappa shape index (κ2) is 5.04. The van der Waals surface area contributed by atoms with Crippen LogP contribution < -0.4 is 0 Å². The Labute approximate surface area is 116 Å². The molecule has 2 fully saturated rings. The maximum atomic E-state index is 12.3. The lowest BCUT2D eigenvalue weighted by molar-refractivity contribution is -0.133. The van der Waals surface area contributed by atoms with Crippen LogP contribution in [0.4, 0.5) is 0 Å². The smallest absolute Gasteiger partial charge is 0.226 e. The van der Waals surface area contributed by atoms with Gasteiger partial charge in [-0.15, -0.1) is 0 Å². The van der Waals surface area contributed by atoms with E-state index in [1.807, 2.05) is 0 Å². The van der Waals surface area contributed by atoms with Gasteiger partial charge in [0.15, 0.2) is 0 Å². The van der Waals surface area contributed by atoms with Crippen molar-refractivity contribution in [3.63, 3.8) is 0 Å². The molecule has 0 N–H and O–H groups in total. The predicted octanol–water partition coefficient (Wildman–Crippen LogP) is 3.57. The van der Waals surface area contributed by atoms with Crippen LogP contribution in [0.15, 0.2) is 28.7 Å². The van der Waals surface area contributed by atoms with E-state index < -0.39 is 0 Å². The van der Waals surface area contributed by atoms with E-state index in [0.717, 1.165) is 24.0 Å². The minimum atomic E-state index is 0.254. The Kier molecular flexibility index (Phi) is 3.42. The van der Waals surface area contributed by atoms with Crippen LogP contribution in [0.2, 0.25) is 0 Å². The van der Waals surface area contributed by atoms with E-state index in [1.165, 1.54) is 24.8 Å². The van der Waals surface area contributed by atoms with Gasteiger partial charge in [0.2, 0.25) is 5.91 Å². The fourth-order valence-electron chi connectivity index (χ4n) is 2.90. The van der Waals surface area contributed by atoms with Crippen molar-refractivity contribution in [2.24, 2.45) is 5.92 Å². The number of hydrogen-bond acceptors (Lipinski definition) is 1. The first-order valence-electron chi connectivity index (χ1n) is 6.80. The molecule has 1 saturated heterocycles. The van der Waals surface area contributed by atoms with Crippen LogP contribution in [0, 0.1) is 5.92 Å². The highest BCUT2D eigenvalue weighted by Gasteiger charge is 2.45. The quantitative estimate of drug-likeness (QED) is 0.818. The van der Waals surface area contributed by atoms with Gasteiger partial charge in [-0.2, -0.15) is 0 Å². The number of likely N-dealkylation sites (tertiary alicyclic amines) is 1. The van der Waals surface area contributed by atoms with E-state index in [1.54, 1.807) is 0 Å². The summed E-state index contributed by atoms with van der Waals surface area (Å²) < 4.78 is 1.10. The van der Waals surface area contributed by atoms with Crippen molar-refractivity contribution in [2.75, 3.05) is 13.1 Å². The average molecular weight is 308 g/mol. The summed E-state index contributed by atoms with van der Waals surface area (Å²) >= 11 is 3.45. The summed E-state index contributed by atoms with van der Waals surface area (Å²) in [5, 5.41) is 0. The van der Waals surface area contributed by atoms with Gasteiger partial charge in [-0.05, 0) is 49.3 Å². The Bertz CT molecular complexity index is 436. The van der Waals surface area contributed by atoms with Crippen LogP contribution in [0.3, 0.4) is 0 Å². The summed E-state index contributed by atoms with van der Waals surface area (Å²) in [6.45, 7) is 1.95. The van der Waals surface area contributed by atoms with Gasteiger partial charge in [0, 0.05) is 23.5 Å². The zero-order chi connectivity index (χ0) is 12.5. The van der Waals surface area contributed by atoms with E-state index in [9.17, 15) is 4.79 Å². The number of piperidine rings is 1. The lowest BCUT2D eigenvalue weighted by atomic mass is 10.1. The number of nitrogens with zero attached hydrogens (tertiary/aromatic N) is 1. The largest absolute Gasteiger partial charge is 0.342 e. The van der Waals surface area contributed by atoms with Gasteiger partial charge < -0.3 is 4.90 Å². The van der Waals surface area contributed by atoms with Gasteiger partial charge in [0.05, 0.1) is 0 Å². The molecule has 0 spiro atoms. The molecule has 2 nitrogen and oxygen atoms in total. The highest BCUT2D eigenvalue weighted by Crippen LogP contribution is 2.48. The monoisotopic (exact) mass is 307 g/mol. The minimum Gasteiger partial charge on any atom is -0.342 e. The third-order valence-corrected chi connectivity index (χ3v) is 4.60. The molecule has 0 bridgehead atoms. The normalized spacial score (nSPS) is 27.1. The molecule has 3 heteroatoms. The topological polar surface area (TPSA) is 20.3 Å². The molecule has 3 rings (SSSR count). The molecule has 18 heavy (non-hydrogen) atoms. The summed E-state index contributed by atoms with van der Waals surface area (Å²) in [6, 6.07) is 8.41. The van der Waals surface area contributed by atoms with Crippen molar-refractivity contribution < 1.29 is 4.79 Å². The molecular weight excluding hydrogens is 290 g/mol. The third-order valence-electron chi connectivity index (χ3n) is 4.07. The van der Waals surface area contributed by atoms with E-state index >= 15 is 0 Å². The van der Waals surface area contributed by atoms with Gasteiger partial charge in [0.1, 0.15) is 0 Å². The summed E-state index contributed by atoms with van der Waals surface area (Å²) in [5.41, 5.74) is 1.31. The molecule has 2 atom stereocenters. The highest BCUT2D eigenvalue weighted by atomic mass is 79.9. The summed E-state index contributed by atoms with van der Waals surface area (Å²) in [7, 11) is 0. The van der Waals surface area contributed by atoms with Crippen LogP contribution in [0.5, 0.6) is 0 Å². The second-order valence-corrected chi connectivity index (χ2v) is 6.30. The van der Waals surface area contributed by atoms with Crippen LogP contribution in [0.1, 0.15) is 37.2 Å². The third kappa shape index (κ3) is 2.46. The average Bonchev–Trinajstić information content (AvgIpc) is 3.20. The molecule has 1 aromatic rings. The van der Waals surface area contributed by atoms with Crippen molar-refractivity contribution in [2.45, 2.75) is 31.6 Å². The number of benzene rings is 1. The van der Waals surface area contributed by atoms with Gasteiger partial charge in [-0.3, -0.25) is 4.79 Å². The summed E-state index contributed by atoms with van der Waals surface area (Å²) in [6.07, 6.45) is 4.68. The van der Waals surface area contributed by atoms with Gasteiger partial charge in [-0.1, -0.05) is 28.1 Å². The molecule has 0 unspecified atom stereocenters. The van der Waals surface area contributed by atoms with Gasteiger partial charge in [0.25, 0.3) is 0 Å². The zero-order valence-electron chi connectivity index (χ0n) is 10.4. The first-order valence-corrected chi connectivity index (χ1v) is 7.59. The van der Waals surface area contributed by atoms with Crippen LogP contribution >= 0.6 is 15.9 Å². The predicted molar refractivity (Wildman–Crippen MR) is 75.4 cm³/mol. The van der Waals surface area contributed by atoms with Crippen molar-refractivity contribution in [1.82, 2.24) is 4.90 Å². The molecule has 1 amide bonds. The van der Waals surface area contributed by atoms with E-state index in [-0.39, 0.29) is 5.92 Å². The van der Waals surface area contributed by atoms with Crippen LogP contribution in [-0.2, 0) is 4.79 Å². The fourth-order valence-corrected chi connectivity index (χ4v) is 3.16. The van der Waals surface area contributed by atoms with Crippen LogP contribution in [-0.4, -0.2) is 23.9 Å². The van der Waals surface area contributed by atoms with Crippen LogP contribution in [0.25, 0.3) is 0 Å². The molecule has 1 aliphatic carbocycles. The molecule has 0 aromatic heterocycles. The van der Waals surface area contributed by atoms with Crippen molar-refractivity contribution in [1.29, 1.82) is 0 Å². The molecule has 1 aliphatic heterocycles. The molecule has 2 aliphatic rings. The number of rotatable bonds is 2. The maximum absolute atomic E-state index is 12.3. The molecule has 96 valence electrons. The van der Waals surface area contributed by atoms with Gasteiger partial charge in [-0.25, -0.2) is 0 Å². The number of hydrogen-bond donors (Lipinski definition) is 0. The van der Waals surface area contributed by atoms with E-state index in [0.29, 0.717) is 11.8 Å². The Morgan fingerprint density at radius 3 is 2.44 bits per heavy atom. The standard InChI is InChI=1S/C15H18BrNO/c16-12-6-4-11(5-7-12)13-10-14(13)15(18)17-8-2-1-3-9-17/h4-7,13-14H,1-3,8-10H2/t13-,14+/m1/s1. The Hall–Kier alpha value is -0.830. The van der Waals surface area contributed by atoms with Crippen molar-refractivity contribution >= 4 is 21.8 Å². The minimum absolute atomic E-state index is 0.254. The first kappa shape index (κ1) is 12.2. The summed E-state index contributed by atoms with van der Waals surface area (Å²) in [4.78, 5) is 14.4. The summed E-state index contributed by atoms with van der Waals surface area (Å²) in [5.74, 6) is 1.11. The zero-order valence-corrected chi connectivity index (χ0v) is 12.0. The Morgan fingerprint density at radius 2 is 1.78 bits per heavy atom. The molecular formula is C15H18BrNO. The Balaban J connectivity index is 1.63. The number of carbonyl (C=O) groups excluding carboxylic acids is 1. The molecule has 0 radical (unpaired) electrons. The van der Waals surface area contributed by atoms with Crippen molar-refractivity contribution in [3.05, 3.63) is 34.3 Å². The maximum Gasteiger partial charge on any atom is 0.226 e. The molecule has 1 saturated carbocycles. The number of amides is 1. The number of carbonyl (C=O) groups is 1. The van der Waals surface area contributed by atoms with Gasteiger partial charge >= 0.3 is 0 Å². The molecule has 1 aromatic carbocycles. The van der Waals surface area contributed by atoms with Crippen molar-refractivity contribution in [3.8, 4) is 0 Å². The molecule has 1 heterocycles. The first-order chi connectivity index (χ1) is 8.75.